The lowest BCUT2D eigenvalue weighted by Gasteiger charge is -2.21. The highest BCUT2D eigenvalue weighted by atomic mass is 28.3. The van der Waals surface area contributed by atoms with Crippen molar-refractivity contribution in [2.45, 2.75) is 58.5 Å². The third kappa shape index (κ3) is 6.06. The Bertz CT molecular complexity index is 2380. The maximum Gasteiger partial charge on any atom is 0.164 e. The Labute approximate surface area is 303 Å². The molecule has 0 bridgehead atoms. The van der Waals surface area contributed by atoms with Gasteiger partial charge in [0.2, 0.25) is 0 Å². The molecule has 2 heterocycles. The molecular weight excluding hydrogens is 653 g/mol. The second-order valence-electron chi connectivity index (χ2n) is 16.5. The van der Waals surface area contributed by atoms with E-state index in [2.05, 4.69) is 168 Å². The molecule has 0 saturated heterocycles. The van der Waals surface area contributed by atoms with E-state index in [0.717, 1.165) is 38.7 Å². The fraction of sp³-hybridized carbons (Fsp3) is 0.200. The highest BCUT2D eigenvalue weighted by molar-refractivity contribution is 6.89. The molecule has 0 fully saturated rings. The highest BCUT2D eigenvalue weighted by Gasteiger charge is 2.35. The van der Waals surface area contributed by atoms with Crippen LogP contribution in [0, 0.1) is 0 Å². The number of benzene rings is 5. The summed E-state index contributed by atoms with van der Waals surface area (Å²) in [5, 5.41) is 5.01. The summed E-state index contributed by atoms with van der Waals surface area (Å²) in [4.78, 5) is 20.1. The number of hydrogen-bond donors (Lipinski definition) is 0. The molecule has 6 heteroatoms. The van der Waals surface area contributed by atoms with Crippen molar-refractivity contribution in [3.8, 4) is 56.5 Å². The first kappa shape index (κ1) is 33.1. The molecule has 51 heavy (non-hydrogen) atoms. The second-order valence-corrected chi connectivity index (χ2v) is 26.7. The van der Waals surface area contributed by atoms with Gasteiger partial charge in [0.15, 0.2) is 17.5 Å². The van der Waals surface area contributed by atoms with E-state index < -0.39 is 16.1 Å². The van der Waals surface area contributed by atoms with Crippen LogP contribution in [0.5, 0.6) is 0 Å². The van der Waals surface area contributed by atoms with Crippen molar-refractivity contribution in [3.05, 3.63) is 133 Å². The van der Waals surface area contributed by atoms with Crippen LogP contribution in [0.15, 0.2) is 121 Å². The van der Waals surface area contributed by atoms with E-state index >= 15 is 0 Å². The molecule has 0 unspecified atom stereocenters. The van der Waals surface area contributed by atoms with Crippen molar-refractivity contribution in [1.29, 1.82) is 0 Å². The smallest absolute Gasteiger partial charge is 0.164 e. The second kappa shape index (κ2) is 12.0. The van der Waals surface area contributed by atoms with Gasteiger partial charge in [-0.15, -0.1) is 0 Å². The van der Waals surface area contributed by atoms with E-state index in [9.17, 15) is 0 Å². The Morgan fingerprint density at radius 3 is 1.55 bits per heavy atom. The van der Waals surface area contributed by atoms with Gasteiger partial charge in [-0.1, -0.05) is 161 Å². The molecule has 0 N–H and O–H groups in total. The Balaban J connectivity index is 1.22. The average molecular weight is 697 g/mol. The van der Waals surface area contributed by atoms with Crippen molar-refractivity contribution in [2.24, 2.45) is 0 Å². The standard InChI is InChI=1S/C45H44N4Si2/c1-45(2)39-12-10-9-11-37(39)38-26-31(19-24-40(38)45)41-27-34-25-32(13-14-33(34)28-46-41)44-48-42(29-15-20-35(21-16-29)50(3,4)5)47-43(49-44)30-17-22-36(23-18-30)51(6,7)8/h9-28H,1-8H3. The monoisotopic (exact) mass is 696 g/mol. The van der Waals surface area contributed by atoms with Crippen molar-refractivity contribution in [3.63, 3.8) is 0 Å². The van der Waals surface area contributed by atoms with Crippen LogP contribution in [-0.4, -0.2) is 36.1 Å². The summed E-state index contributed by atoms with van der Waals surface area (Å²) in [6, 6.07) is 41.8. The fourth-order valence-electron chi connectivity index (χ4n) is 7.32. The topological polar surface area (TPSA) is 51.6 Å². The van der Waals surface area contributed by atoms with E-state index in [0.29, 0.717) is 17.5 Å². The van der Waals surface area contributed by atoms with Crippen molar-refractivity contribution >= 4 is 37.3 Å². The molecule has 1 aliphatic rings. The van der Waals surface area contributed by atoms with Crippen molar-refractivity contribution < 1.29 is 0 Å². The Morgan fingerprint density at radius 1 is 0.451 bits per heavy atom. The van der Waals surface area contributed by atoms with Gasteiger partial charge in [-0.25, -0.2) is 15.0 Å². The van der Waals surface area contributed by atoms with Gasteiger partial charge in [-0.3, -0.25) is 4.98 Å². The summed E-state index contributed by atoms with van der Waals surface area (Å²) in [7, 11) is -2.89. The summed E-state index contributed by atoms with van der Waals surface area (Å²) in [5.74, 6) is 2.03. The molecule has 0 amide bonds. The summed E-state index contributed by atoms with van der Waals surface area (Å²) < 4.78 is 0. The zero-order valence-electron chi connectivity index (χ0n) is 30.8. The Kier molecular flexibility index (Phi) is 7.81. The van der Waals surface area contributed by atoms with Gasteiger partial charge < -0.3 is 0 Å². The van der Waals surface area contributed by atoms with Gasteiger partial charge in [-0.2, -0.15) is 0 Å². The van der Waals surface area contributed by atoms with Crippen LogP contribution < -0.4 is 10.4 Å². The highest BCUT2D eigenvalue weighted by Crippen LogP contribution is 2.49. The first-order valence-electron chi connectivity index (χ1n) is 17.9. The summed E-state index contributed by atoms with van der Waals surface area (Å²) >= 11 is 0. The maximum absolute atomic E-state index is 5.09. The first-order valence-corrected chi connectivity index (χ1v) is 24.9. The van der Waals surface area contributed by atoms with Gasteiger partial charge in [0.05, 0.1) is 21.8 Å². The van der Waals surface area contributed by atoms with Crippen LogP contribution >= 0.6 is 0 Å². The molecule has 0 aliphatic heterocycles. The normalized spacial score (nSPS) is 13.6. The number of fused-ring (bicyclic) bond motifs is 4. The molecule has 2 aromatic heterocycles. The number of rotatable bonds is 6. The summed E-state index contributed by atoms with van der Waals surface area (Å²) in [5.41, 5.74) is 10.3. The lowest BCUT2D eigenvalue weighted by molar-refractivity contribution is 0.660. The lowest BCUT2D eigenvalue weighted by Crippen LogP contribution is -2.37. The van der Waals surface area contributed by atoms with Gasteiger partial charge in [0.25, 0.3) is 0 Å². The minimum atomic E-state index is -1.44. The van der Waals surface area contributed by atoms with Gasteiger partial charge in [-0.05, 0) is 45.8 Å². The molecular formula is C45H44N4Si2. The van der Waals surface area contributed by atoms with E-state index in [1.54, 1.807) is 0 Å². The predicted molar refractivity (Wildman–Crippen MR) is 220 cm³/mol. The summed E-state index contributed by atoms with van der Waals surface area (Å²) in [6.45, 7) is 18.9. The molecule has 5 aromatic carbocycles. The third-order valence-corrected chi connectivity index (χ3v) is 14.6. The summed E-state index contributed by atoms with van der Waals surface area (Å²) in [6.07, 6.45) is 1.98. The number of pyridine rings is 1. The Morgan fingerprint density at radius 2 is 0.961 bits per heavy atom. The van der Waals surface area contributed by atoms with E-state index in [-0.39, 0.29) is 5.41 Å². The molecule has 0 saturated carbocycles. The molecule has 252 valence electrons. The molecule has 7 aromatic rings. The Hall–Kier alpha value is -5.05. The zero-order valence-corrected chi connectivity index (χ0v) is 32.8. The minimum Gasteiger partial charge on any atom is -0.256 e. The molecule has 0 radical (unpaired) electrons. The van der Waals surface area contributed by atoms with Gasteiger partial charge in [0.1, 0.15) is 0 Å². The fourth-order valence-corrected chi connectivity index (χ4v) is 9.65. The van der Waals surface area contributed by atoms with Gasteiger partial charge in [0, 0.05) is 39.3 Å². The van der Waals surface area contributed by atoms with Crippen molar-refractivity contribution in [2.75, 3.05) is 0 Å². The largest absolute Gasteiger partial charge is 0.256 e. The first-order chi connectivity index (χ1) is 24.3. The van der Waals surface area contributed by atoms with Crippen LogP contribution in [0.1, 0.15) is 25.0 Å². The third-order valence-electron chi connectivity index (χ3n) is 10.5. The minimum absolute atomic E-state index is 0.0227. The van der Waals surface area contributed by atoms with Crippen LogP contribution in [0.4, 0.5) is 0 Å². The SMILES string of the molecule is CC1(C)c2ccccc2-c2cc(-c3cc4cc(-c5nc(-c6ccc([Si](C)(C)C)cc6)nc(-c6ccc([Si](C)(C)C)cc6)n5)ccc4cn3)ccc21. The van der Waals surface area contributed by atoms with Crippen LogP contribution in [0.3, 0.4) is 0 Å². The number of hydrogen-bond acceptors (Lipinski definition) is 4. The lowest BCUT2D eigenvalue weighted by atomic mass is 9.82. The molecule has 0 atom stereocenters. The zero-order chi connectivity index (χ0) is 35.7. The molecule has 0 spiro atoms. The molecule has 1 aliphatic carbocycles. The van der Waals surface area contributed by atoms with Crippen LogP contribution in [-0.2, 0) is 5.41 Å². The molecule has 4 nitrogen and oxygen atoms in total. The van der Waals surface area contributed by atoms with Crippen LogP contribution in [0.25, 0.3) is 67.3 Å². The van der Waals surface area contributed by atoms with E-state index in [1.807, 2.05) is 6.20 Å². The van der Waals surface area contributed by atoms with E-state index in [1.165, 1.54) is 32.6 Å². The van der Waals surface area contributed by atoms with E-state index in [4.69, 9.17) is 19.9 Å². The predicted octanol–water partition coefficient (Wildman–Crippen LogP) is 10.5. The average Bonchev–Trinajstić information content (AvgIpc) is 3.36. The van der Waals surface area contributed by atoms with Gasteiger partial charge >= 0.3 is 0 Å². The number of aromatic nitrogens is 4. The molecule has 8 rings (SSSR count). The van der Waals surface area contributed by atoms with Crippen molar-refractivity contribution in [1.82, 2.24) is 19.9 Å². The number of nitrogens with zero attached hydrogens (tertiary/aromatic N) is 4. The quantitative estimate of drug-likeness (QED) is 0.162. The van der Waals surface area contributed by atoms with Crippen LogP contribution in [0.2, 0.25) is 39.3 Å². The maximum atomic E-state index is 5.09.